The summed E-state index contributed by atoms with van der Waals surface area (Å²) in [7, 11) is 1.67. The van der Waals surface area contributed by atoms with Crippen molar-refractivity contribution >= 4 is 16.9 Å². The van der Waals surface area contributed by atoms with Crippen LogP contribution in [0.2, 0.25) is 0 Å². The molecule has 1 amide bonds. The molecule has 35 heavy (non-hydrogen) atoms. The maximum absolute atomic E-state index is 12.7. The molecule has 4 rings (SSSR count). The van der Waals surface area contributed by atoms with Crippen molar-refractivity contribution in [3.8, 4) is 11.5 Å². The van der Waals surface area contributed by atoms with Gasteiger partial charge in [-0.3, -0.25) is 4.79 Å². The van der Waals surface area contributed by atoms with Gasteiger partial charge < -0.3 is 19.4 Å². The van der Waals surface area contributed by atoms with E-state index in [1.807, 2.05) is 42.5 Å². The molecule has 0 unspecified atom stereocenters. The van der Waals surface area contributed by atoms with Crippen LogP contribution in [0.25, 0.3) is 11.0 Å². The number of nitrogens with one attached hydrogen (secondary N) is 1. The molecule has 186 valence electrons. The third kappa shape index (κ3) is 6.44. The van der Waals surface area contributed by atoms with Crippen molar-refractivity contribution in [2.75, 3.05) is 13.7 Å². The summed E-state index contributed by atoms with van der Waals surface area (Å²) in [5.41, 5.74) is 3.23. The number of aryl methyl sites for hydroxylation is 1. The first kappa shape index (κ1) is 24.8. The predicted molar refractivity (Wildman–Crippen MR) is 140 cm³/mol. The molecule has 1 aliphatic carbocycles. The lowest BCUT2D eigenvalue weighted by Gasteiger charge is -2.20. The Morgan fingerprint density at radius 1 is 1.14 bits per heavy atom. The summed E-state index contributed by atoms with van der Waals surface area (Å²) in [5, 5.41) is 3.15. The van der Waals surface area contributed by atoms with E-state index in [4.69, 9.17) is 14.5 Å². The number of aromatic nitrogens is 2. The third-order valence-corrected chi connectivity index (χ3v) is 6.77. The van der Waals surface area contributed by atoms with Gasteiger partial charge in [0.2, 0.25) is 5.91 Å². The quantitative estimate of drug-likeness (QED) is 0.264. The van der Waals surface area contributed by atoms with E-state index in [1.54, 1.807) is 7.11 Å². The van der Waals surface area contributed by atoms with E-state index in [1.165, 1.54) is 6.42 Å². The minimum absolute atomic E-state index is 0.154. The zero-order valence-electron chi connectivity index (χ0n) is 20.8. The molecule has 3 aromatic rings. The minimum atomic E-state index is 0.154. The molecule has 1 N–H and O–H groups in total. The summed E-state index contributed by atoms with van der Waals surface area (Å²) in [6, 6.07) is 14.2. The number of amides is 1. The average molecular weight is 476 g/mol. The summed E-state index contributed by atoms with van der Waals surface area (Å²) >= 11 is 0. The van der Waals surface area contributed by atoms with Gasteiger partial charge >= 0.3 is 0 Å². The lowest BCUT2D eigenvalue weighted by atomic mass is 9.89. The van der Waals surface area contributed by atoms with Crippen LogP contribution in [0.3, 0.4) is 0 Å². The van der Waals surface area contributed by atoms with E-state index in [-0.39, 0.29) is 11.8 Å². The van der Waals surface area contributed by atoms with Crippen LogP contribution < -0.4 is 14.8 Å². The molecule has 6 heteroatoms. The molecule has 6 nitrogen and oxygen atoms in total. The van der Waals surface area contributed by atoms with Gasteiger partial charge in [-0.15, -0.1) is 6.58 Å². The fourth-order valence-electron chi connectivity index (χ4n) is 4.86. The monoisotopic (exact) mass is 475 g/mol. The van der Waals surface area contributed by atoms with Gasteiger partial charge in [-0.25, -0.2) is 4.98 Å². The molecule has 1 heterocycles. The second kappa shape index (κ2) is 12.4. The molecule has 0 spiro atoms. The number of nitrogens with zero attached hydrogens (tertiary/aromatic N) is 2. The molecular weight excluding hydrogens is 438 g/mol. The smallest absolute Gasteiger partial charge is 0.223 e. The minimum Gasteiger partial charge on any atom is -0.493 e. The van der Waals surface area contributed by atoms with Crippen LogP contribution in [0.15, 0.2) is 55.1 Å². The Kier molecular flexibility index (Phi) is 8.82. The van der Waals surface area contributed by atoms with Crippen molar-refractivity contribution in [2.45, 2.75) is 64.5 Å². The summed E-state index contributed by atoms with van der Waals surface area (Å²) in [6.45, 7) is 5.70. The van der Waals surface area contributed by atoms with E-state index in [2.05, 4.69) is 22.5 Å². The number of unbranched alkanes of at least 4 members (excludes halogenated alkanes) is 1. The number of rotatable bonds is 12. The fourth-order valence-corrected chi connectivity index (χ4v) is 4.86. The number of ether oxygens (including phenoxy) is 2. The SMILES string of the molecule is C=CCc1ccc(OCCCCn2c(CNC(=O)C3CCCCC3)nc3ccccc32)c(OC)c1. The molecule has 1 aromatic heterocycles. The predicted octanol–water partition coefficient (Wildman–Crippen LogP) is 5.83. The number of methoxy groups -OCH3 is 1. The van der Waals surface area contributed by atoms with Crippen LogP contribution in [0.5, 0.6) is 11.5 Å². The van der Waals surface area contributed by atoms with Crippen LogP contribution in [-0.2, 0) is 24.3 Å². The van der Waals surface area contributed by atoms with Crippen LogP contribution in [0.4, 0.5) is 0 Å². The van der Waals surface area contributed by atoms with Gasteiger partial charge in [-0.2, -0.15) is 0 Å². The van der Waals surface area contributed by atoms with Crippen molar-refractivity contribution in [3.05, 3.63) is 66.5 Å². The summed E-state index contributed by atoms with van der Waals surface area (Å²) in [6.07, 6.45) is 10.1. The number of carbonyl (C=O) groups is 1. The standard InChI is InChI=1S/C29H37N3O3/c1-3-11-22-16-17-26(27(20-22)34-2)35-19-10-9-18-32-25-15-8-7-14-24(25)31-28(32)21-30-29(33)23-12-5-4-6-13-23/h3,7-8,14-17,20,23H,1,4-6,9-13,18-19,21H2,2H3,(H,30,33). The van der Waals surface area contributed by atoms with Crippen LogP contribution in [0, 0.1) is 5.92 Å². The first-order valence-electron chi connectivity index (χ1n) is 12.8. The topological polar surface area (TPSA) is 65.4 Å². The maximum atomic E-state index is 12.7. The zero-order valence-corrected chi connectivity index (χ0v) is 20.8. The number of fused-ring (bicyclic) bond motifs is 1. The first-order chi connectivity index (χ1) is 17.2. The lowest BCUT2D eigenvalue weighted by molar-refractivity contribution is -0.126. The third-order valence-electron chi connectivity index (χ3n) is 6.77. The Bertz CT molecular complexity index is 1130. The molecule has 1 aliphatic rings. The van der Waals surface area contributed by atoms with Gasteiger partial charge in [0.15, 0.2) is 11.5 Å². The van der Waals surface area contributed by atoms with E-state index in [0.717, 1.165) is 85.4 Å². The van der Waals surface area contributed by atoms with Crippen LogP contribution in [-0.4, -0.2) is 29.2 Å². The van der Waals surface area contributed by atoms with Gasteiger partial charge in [-0.1, -0.05) is 43.5 Å². The highest BCUT2D eigenvalue weighted by Crippen LogP contribution is 2.29. The summed E-state index contributed by atoms with van der Waals surface area (Å²) in [4.78, 5) is 17.5. The first-order valence-corrected chi connectivity index (χ1v) is 12.8. The number of benzene rings is 2. The molecule has 1 fully saturated rings. The van der Waals surface area contributed by atoms with Gasteiger partial charge in [-0.05, 0) is 61.9 Å². The highest BCUT2D eigenvalue weighted by atomic mass is 16.5. The van der Waals surface area contributed by atoms with Crippen molar-refractivity contribution in [3.63, 3.8) is 0 Å². The Hall–Kier alpha value is -3.28. The highest BCUT2D eigenvalue weighted by Gasteiger charge is 2.21. The second-order valence-electron chi connectivity index (χ2n) is 9.25. The molecule has 0 bridgehead atoms. The number of carbonyl (C=O) groups excluding carboxylic acids is 1. The lowest BCUT2D eigenvalue weighted by Crippen LogP contribution is -2.32. The summed E-state index contributed by atoms with van der Waals surface area (Å²) < 4.78 is 13.7. The van der Waals surface area contributed by atoms with Crippen molar-refractivity contribution < 1.29 is 14.3 Å². The van der Waals surface area contributed by atoms with Crippen LogP contribution >= 0.6 is 0 Å². The van der Waals surface area contributed by atoms with Crippen molar-refractivity contribution in [1.82, 2.24) is 14.9 Å². The number of hydrogen-bond donors (Lipinski definition) is 1. The van der Waals surface area contributed by atoms with Gasteiger partial charge in [0.25, 0.3) is 0 Å². The normalized spacial score (nSPS) is 14.1. The Morgan fingerprint density at radius 3 is 2.77 bits per heavy atom. The number of allylic oxidation sites excluding steroid dienone is 1. The molecule has 0 saturated heterocycles. The highest BCUT2D eigenvalue weighted by molar-refractivity contribution is 5.79. The second-order valence-corrected chi connectivity index (χ2v) is 9.25. The van der Waals surface area contributed by atoms with E-state index < -0.39 is 0 Å². The average Bonchev–Trinajstić information content (AvgIpc) is 3.25. The zero-order chi connectivity index (χ0) is 24.5. The molecular formula is C29H37N3O3. The molecule has 0 aliphatic heterocycles. The Labute approximate surface area is 208 Å². The van der Waals surface area contributed by atoms with Crippen molar-refractivity contribution in [2.24, 2.45) is 5.92 Å². The van der Waals surface area contributed by atoms with Crippen LogP contribution in [0.1, 0.15) is 56.3 Å². The van der Waals surface area contributed by atoms with Crippen molar-refractivity contribution in [1.29, 1.82) is 0 Å². The summed E-state index contributed by atoms with van der Waals surface area (Å²) in [5.74, 6) is 2.75. The molecule has 0 radical (unpaired) electrons. The van der Waals surface area contributed by atoms with Gasteiger partial charge in [0, 0.05) is 12.5 Å². The van der Waals surface area contributed by atoms with Gasteiger partial charge in [0.05, 0.1) is 31.3 Å². The van der Waals surface area contributed by atoms with E-state index in [0.29, 0.717) is 13.2 Å². The van der Waals surface area contributed by atoms with Gasteiger partial charge in [0.1, 0.15) is 5.82 Å². The number of para-hydroxylation sites is 2. The Balaban J connectivity index is 1.33. The number of hydrogen-bond acceptors (Lipinski definition) is 4. The Morgan fingerprint density at radius 2 is 1.97 bits per heavy atom. The van der Waals surface area contributed by atoms with E-state index in [9.17, 15) is 4.79 Å². The van der Waals surface area contributed by atoms with E-state index >= 15 is 0 Å². The fraction of sp³-hybridized carbons (Fsp3) is 0.448. The molecule has 0 atom stereocenters. The molecule has 2 aromatic carbocycles. The number of imidazole rings is 1. The maximum Gasteiger partial charge on any atom is 0.223 e. The largest absolute Gasteiger partial charge is 0.493 e. The molecule has 1 saturated carbocycles.